The van der Waals surface area contributed by atoms with E-state index in [4.69, 9.17) is 11.6 Å². The molecule has 0 radical (unpaired) electrons. The minimum atomic E-state index is 0.417. The predicted octanol–water partition coefficient (Wildman–Crippen LogP) is 2.67. The van der Waals surface area contributed by atoms with Crippen molar-refractivity contribution in [1.29, 1.82) is 0 Å². The minimum Gasteiger partial charge on any atom is -0.381 e. The predicted molar refractivity (Wildman–Crippen MR) is 63.2 cm³/mol. The summed E-state index contributed by atoms with van der Waals surface area (Å²) in [4.78, 5) is 0. The van der Waals surface area contributed by atoms with Crippen LogP contribution in [0, 0.1) is 6.92 Å². The first kappa shape index (κ1) is 11.3. The molecular weight excluding hydrogens is 196 g/mol. The van der Waals surface area contributed by atoms with Crippen molar-refractivity contribution in [2.24, 2.45) is 0 Å². The van der Waals surface area contributed by atoms with Gasteiger partial charge in [0.1, 0.15) is 0 Å². The summed E-state index contributed by atoms with van der Waals surface area (Å²) in [5, 5.41) is 7.33. The lowest BCUT2D eigenvalue weighted by Crippen LogP contribution is -2.28. The maximum absolute atomic E-state index is 5.87. The quantitative estimate of drug-likeness (QED) is 0.802. The highest BCUT2D eigenvalue weighted by Crippen LogP contribution is 2.19. The number of hydrogen-bond acceptors (Lipinski definition) is 2. The molecule has 1 aromatic carbocycles. The van der Waals surface area contributed by atoms with Gasteiger partial charge in [-0.25, -0.2) is 0 Å². The lowest BCUT2D eigenvalue weighted by atomic mass is 10.2. The third-order valence-corrected chi connectivity index (χ3v) is 2.34. The van der Waals surface area contributed by atoms with Crippen molar-refractivity contribution in [1.82, 2.24) is 5.32 Å². The van der Waals surface area contributed by atoms with E-state index in [1.165, 1.54) is 5.56 Å². The second kappa shape index (κ2) is 5.23. The van der Waals surface area contributed by atoms with Crippen LogP contribution in [-0.2, 0) is 0 Å². The van der Waals surface area contributed by atoms with E-state index >= 15 is 0 Å². The summed E-state index contributed by atoms with van der Waals surface area (Å²) in [6, 6.07) is 6.31. The monoisotopic (exact) mass is 212 g/mol. The number of benzene rings is 1. The number of nitrogens with one attached hydrogen (secondary N) is 2. The smallest absolute Gasteiger partial charge is 0.0410 e. The number of aryl methyl sites for hydroxylation is 1. The van der Waals surface area contributed by atoms with Crippen LogP contribution in [0.15, 0.2) is 18.2 Å². The third kappa shape index (κ3) is 3.20. The molecule has 78 valence electrons. The Balaban J connectivity index is 2.67. The molecule has 2 nitrogen and oxygen atoms in total. The molecule has 1 rings (SSSR count). The Morgan fingerprint density at radius 1 is 1.43 bits per heavy atom. The van der Waals surface area contributed by atoms with Crippen LogP contribution < -0.4 is 10.6 Å². The largest absolute Gasteiger partial charge is 0.381 e. The highest BCUT2D eigenvalue weighted by Gasteiger charge is 2.02. The Kier molecular flexibility index (Phi) is 4.23. The Hall–Kier alpha value is -0.730. The molecule has 2 N–H and O–H groups in total. The lowest BCUT2D eigenvalue weighted by Gasteiger charge is -2.16. The van der Waals surface area contributed by atoms with Crippen molar-refractivity contribution < 1.29 is 0 Å². The van der Waals surface area contributed by atoms with Gasteiger partial charge in [-0.2, -0.15) is 0 Å². The average molecular weight is 213 g/mol. The summed E-state index contributed by atoms with van der Waals surface area (Å²) in [5.74, 6) is 0. The SMILES string of the molecule is CNCC(C)Nc1ccc(Cl)cc1C. The van der Waals surface area contributed by atoms with E-state index in [0.717, 1.165) is 17.3 Å². The van der Waals surface area contributed by atoms with Gasteiger partial charge in [0.25, 0.3) is 0 Å². The van der Waals surface area contributed by atoms with Gasteiger partial charge in [0.15, 0.2) is 0 Å². The highest BCUT2D eigenvalue weighted by atomic mass is 35.5. The van der Waals surface area contributed by atoms with Crippen molar-refractivity contribution in [3.63, 3.8) is 0 Å². The van der Waals surface area contributed by atoms with Gasteiger partial charge in [0.2, 0.25) is 0 Å². The van der Waals surface area contributed by atoms with E-state index in [1.807, 2.05) is 25.2 Å². The van der Waals surface area contributed by atoms with Crippen molar-refractivity contribution in [2.45, 2.75) is 19.9 Å². The normalized spacial score (nSPS) is 12.6. The highest BCUT2D eigenvalue weighted by molar-refractivity contribution is 6.30. The standard InChI is InChI=1S/C11H17ClN2/c1-8-6-10(12)4-5-11(8)14-9(2)7-13-3/h4-6,9,13-14H,7H2,1-3H3. The first-order valence-electron chi connectivity index (χ1n) is 4.80. The van der Waals surface area contributed by atoms with Crippen LogP contribution in [0.25, 0.3) is 0 Å². The van der Waals surface area contributed by atoms with E-state index in [-0.39, 0.29) is 0 Å². The Morgan fingerprint density at radius 3 is 2.71 bits per heavy atom. The molecule has 0 aliphatic carbocycles. The Labute approximate surface area is 90.7 Å². The van der Waals surface area contributed by atoms with Gasteiger partial charge in [-0.15, -0.1) is 0 Å². The van der Waals surface area contributed by atoms with Crippen molar-refractivity contribution in [3.05, 3.63) is 28.8 Å². The van der Waals surface area contributed by atoms with E-state index in [0.29, 0.717) is 6.04 Å². The van der Waals surface area contributed by atoms with Gasteiger partial charge < -0.3 is 10.6 Å². The topological polar surface area (TPSA) is 24.1 Å². The van der Waals surface area contributed by atoms with Crippen LogP contribution in [0.1, 0.15) is 12.5 Å². The zero-order valence-corrected chi connectivity index (χ0v) is 9.65. The maximum Gasteiger partial charge on any atom is 0.0410 e. The van der Waals surface area contributed by atoms with Gasteiger partial charge >= 0.3 is 0 Å². The molecular formula is C11H17ClN2. The number of anilines is 1. The molecule has 1 atom stereocenters. The summed E-state index contributed by atoms with van der Waals surface area (Å²) >= 11 is 5.87. The van der Waals surface area contributed by atoms with Gasteiger partial charge in [-0.05, 0) is 44.7 Å². The molecule has 0 amide bonds. The van der Waals surface area contributed by atoms with E-state index in [2.05, 4.69) is 24.5 Å². The van der Waals surface area contributed by atoms with E-state index < -0.39 is 0 Å². The molecule has 0 fully saturated rings. The maximum atomic E-state index is 5.87. The molecule has 0 aliphatic heterocycles. The first-order valence-corrected chi connectivity index (χ1v) is 5.18. The number of hydrogen-bond donors (Lipinski definition) is 2. The molecule has 0 spiro atoms. The summed E-state index contributed by atoms with van der Waals surface area (Å²) in [6.45, 7) is 5.15. The second-order valence-corrected chi connectivity index (χ2v) is 4.00. The van der Waals surface area contributed by atoms with Gasteiger partial charge in [0.05, 0.1) is 0 Å². The summed E-state index contributed by atoms with van der Waals surface area (Å²) in [6.07, 6.45) is 0. The lowest BCUT2D eigenvalue weighted by molar-refractivity contribution is 0.700. The summed E-state index contributed by atoms with van der Waals surface area (Å²) in [7, 11) is 1.95. The van der Waals surface area contributed by atoms with Crippen molar-refractivity contribution >= 4 is 17.3 Å². The van der Waals surface area contributed by atoms with Crippen molar-refractivity contribution in [3.8, 4) is 0 Å². The zero-order chi connectivity index (χ0) is 10.6. The molecule has 0 aliphatic rings. The average Bonchev–Trinajstić information content (AvgIpc) is 2.10. The number of halogens is 1. The van der Waals surface area contributed by atoms with Crippen LogP contribution in [0.2, 0.25) is 5.02 Å². The molecule has 0 heterocycles. The van der Waals surface area contributed by atoms with Crippen molar-refractivity contribution in [2.75, 3.05) is 18.9 Å². The van der Waals surface area contributed by atoms with Crippen LogP contribution >= 0.6 is 11.6 Å². The van der Waals surface area contributed by atoms with Gasteiger partial charge in [-0.1, -0.05) is 11.6 Å². The molecule has 14 heavy (non-hydrogen) atoms. The molecule has 0 bridgehead atoms. The second-order valence-electron chi connectivity index (χ2n) is 3.56. The molecule has 1 unspecified atom stereocenters. The first-order chi connectivity index (χ1) is 6.63. The number of rotatable bonds is 4. The fourth-order valence-corrected chi connectivity index (χ4v) is 1.64. The molecule has 3 heteroatoms. The van der Waals surface area contributed by atoms with E-state index in [9.17, 15) is 0 Å². The van der Waals surface area contributed by atoms with Crippen LogP contribution in [0.5, 0.6) is 0 Å². The fraction of sp³-hybridized carbons (Fsp3) is 0.455. The van der Waals surface area contributed by atoms with Crippen LogP contribution in [0.4, 0.5) is 5.69 Å². The van der Waals surface area contributed by atoms with Gasteiger partial charge in [-0.3, -0.25) is 0 Å². The zero-order valence-electron chi connectivity index (χ0n) is 8.89. The Bertz CT molecular complexity index is 299. The number of likely N-dealkylation sites (N-methyl/N-ethyl adjacent to an activating group) is 1. The van der Waals surface area contributed by atoms with Gasteiger partial charge in [0, 0.05) is 23.3 Å². The summed E-state index contributed by atoms with van der Waals surface area (Å²) in [5.41, 5.74) is 2.33. The fourth-order valence-electron chi connectivity index (χ4n) is 1.41. The van der Waals surface area contributed by atoms with E-state index in [1.54, 1.807) is 0 Å². The summed E-state index contributed by atoms with van der Waals surface area (Å²) < 4.78 is 0. The molecule has 0 saturated heterocycles. The molecule has 0 saturated carbocycles. The molecule has 0 aromatic heterocycles. The molecule has 1 aromatic rings. The van der Waals surface area contributed by atoms with Crippen LogP contribution in [-0.4, -0.2) is 19.6 Å². The minimum absolute atomic E-state index is 0.417. The van der Waals surface area contributed by atoms with Crippen LogP contribution in [0.3, 0.4) is 0 Å². The Morgan fingerprint density at radius 2 is 2.14 bits per heavy atom. The third-order valence-electron chi connectivity index (χ3n) is 2.10.